The molecule has 2 unspecified atom stereocenters. The minimum Gasteiger partial charge on any atom is -0.482 e. The number of ether oxygens (including phenoxy) is 2. The zero-order chi connectivity index (χ0) is 28.2. The van der Waals surface area contributed by atoms with Gasteiger partial charge in [0.15, 0.2) is 13.2 Å². The molecule has 1 amide bonds. The van der Waals surface area contributed by atoms with Crippen molar-refractivity contribution in [3.63, 3.8) is 0 Å². The van der Waals surface area contributed by atoms with Crippen molar-refractivity contribution in [2.75, 3.05) is 13.2 Å². The molecule has 3 aromatic rings. The smallest absolute Gasteiger partial charge is 0.344 e. The van der Waals surface area contributed by atoms with E-state index in [1.165, 1.54) is 29.3 Å². The van der Waals surface area contributed by atoms with Crippen LogP contribution in [0.25, 0.3) is 6.08 Å². The van der Waals surface area contributed by atoms with Crippen molar-refractivity contribution in [2.45, 2.75) is 39.2 Å². The number of esters is 1. The molecule has 3 aromatic carbocycles. The maximum atomic E-state index is 13.7. The SMILES string of the molecule is Cc1ccc(C)c(OCC(=O)OCC(=O)N2N=C3C(=Cc4ccc(F)cc4)CCCC3C2c2ccc(F)cc2)c1. The fourth-order valence-corrected chi connectivity index (χ4v) is 5.21. The summed E-state index contributed by atoms with van der Waals surface area (Å²) in [6.07, 6.45) is 4.39. The molecule has 5 rings (SSSR count). The second-order valence-corrected chi connectivity index (χ2v) is 10.2. The van der Waals surface area contributed by atoms with E-state index < -0.39 is 24.5 Å². The number of hydrazone groups is 1. The van der Waals surface area contributed by atoms with Gasteiger partial charge in [0.2, 0.25) is 0 Å². The summed E-state index contributed by atoms with van der Waals surface area (Å²) in [6, 6.07) is 17.4. The van der Waals surface area contributed by atoms with Gasteiger partial charge in [0.1, 0.15) is 17.4 Å². The Balaban J connectivity index is 1.34. The third-order valence-electron chi connectivity index (χ3n) is 7.23. The second-order valence-electron chi connectivity index (χ2n) is 10.2. The lowest BCUT2D eigenvalue weighted by Crippen LogP contribution is -2.35. The molecule has 2 atom stereocenters. The Labute approximate surface area is 231 Å². The number of halogens is 2. The Morgan fingerprint density at radius 2 is 1.68 bits per heavy atom. The van der Waals surface area contributed by atoms with E-state index in [9.17, 15) is 18.4 Å². The first-order chi connectivity index (χ1) is 19.3. The van der Waals surface area contributed by atoms with Gasteiger partial charge in [-0.1, -0.05) is 36.4 Å². The average Bonchev–Trinajstić information content (AvgIpc) is 3.34. The highest BCUT2D eigenvalue weighted by Crippen LogP contribution is 2.44. The summed E-state index contributed by atoms with van der Waals surface area (Å²) in [5, 5.41) is 6.08. The fraction of sp³-hybridized carbons (Fsp3) is 0.281. The van der Waals surface area contributed by atoms with Gasteiger partial charge in [-0.25, -0.2) is 18.6 Å². The minimum absolute atomic E-state index is 0.113. The van der Waals surface area contributed by atoms with Crippen LogP contribution in [0.2, 0.25) is 0 Å². The van der Waals surface area contributed by atoms with Gasteiger partial charge >= 0.3 is 5.97 Å². The molecule has 0 N–H and O–H groups in total. The quantitative estimate of drug-likeness (QED) is 0.326. The zero-order valence-corrected chi connectivity index (χ0v) is 22.4. The summed E-state index contributed by atoms with van der Waals surface area (Å²) < 4.78 is 38.0. The zero-order valence-electron chi connectivity index (χ0n) is 22.4. The first-order valence-corrected chi connectivity index (χ1v) is 13.3. The molecular formula is C32H30F2N2O4. The van der Waals surface area contributed by atoms with Crippen LogP contribution >= 0.6 is 0 Å². The van der Waals surface area contributed by atoms with Gasteiger partial charge < -0.3 is 9.47 Å². The van der Waals surface area contributed by atoms with Crippen molar-refractivity contribution in [1.29, 1.82) is 0 Å². The number of hydrogen-bond donors (Lipinski definition) is 0. The van der Waals surface area contributed by atoms with Crippen molar-refractivity contribution in [2.24, 2.45) is 11.0 Å². The van der Waals surface area contributed by atoms with Gasteiger partial charge in [0.05, 0.1) is 11.8 Å². The van der Waals surface area contributed by atoms with E-state index in [2.05, 4.69) is 0 Å². The number of nitrogens with zero attached hydrogens (tertiary/aromatic N) is 2. The van der Waals surface area contributed by atoms with Crippen LogP contribution in [0.1, 0.15) is 47.6 Å². The number of amides is 1. The summed E-state index contributed by atoms with van der Waals surface area (Å²) in [5.41, 5.74) is 5.19. The Hall–Kier alpha value is -4.33. The summed E-state index contributed by atoms with van der Waals surface area (Å²) in [5.74, 6) is -1.39. The summed E-state index contributed by atoms with van der Waals surface area (Å²) in [4.78, 5) is 25.8. The maximum Gasteiger partial charge on any atom is 0.344 e. The molecule has 206 valence electrons. The Morgan fingerprint density at radius 3 is 2.40 bits per heavy atom. The molecule has 1 fully saturated rings. The van der Waals surface area contributed by atoms with Crippen LogP contribution in [-0.4, -0.2) is 35.8 Å². The van der Waals surface area contributed by atoms with Crippen LogP contribution in [-0.2, 0) is 14.3 Å². The molecule has 0 saturated heterocycles. The van der Waals surface area contributed by atoms with E-state index in [4.69, 9.17) is 14.6 Å². The monoisotopic (exact) mass is 544 g/mol. The van der Waals surface area contributed by atoms with Crippen molar-refractivity contribution in [1.82, 2.24) is 5.01 Å². The molecule has 1 aliphatic carbocycles. The Bertz CT molecular complexity index is 1470. The van der Waals surface area contributed by atoms with Crippen molar-refractivity contribution in [3.05, 3.63) is 106 Å². The molecule has 0 spiro atoms. The van der Waals surface area contributed by atoms with Crippen LogP contribution in [0.5, 0.6) is 5.75 Å². The topological polar surface area (TPSA) is 68.2 Å². The molecule has 8 heteroatoms. The molecule has 1 heterocycles. The molecule has 0 radical (unpaired) electrons. The highest BCUT2D eigenvalue weighted by atomic mass is 19.1. The van der Waals surface area contributed by atoms with Crippen LogP contribution in [0, 0.1) is 31.4 Å². The van der Waals surface area contributed by atoms with Gasteiger partial charge in [0, 0.05) is 5.92 Å². The number of aryl methyl sites for hydroxylation is 2. The number of fused-ring (bicyclic) bond motifs is 1. The molecular weight excluding hydrogens is 514 g/mol. The van der Waals surface area contributed by atoms with E-state index >= 15 is 0 Å². The Morgan fingerprint density at radius 1 is 0.975 bits per heavy atom. The normalized spacial score (nSPS) is 19.2. The van der Waals surface area contributed by atoms with E-state index in [0.29, 0.717) is 5.75 Å². The lowest BCUT2D eigenvalue weighted by atomic mass is 9.77. The highest BCUT2D eigenvalue weighted by Gasteiger charge is 2.43. The first-order valence-electron chi connectivity index (χ1n) is 13.3. The predicted molar refractivity (Wildman–Crippen MR) is 148 cm³/mol. The molecule has 2 aliphatic rings. The number of hydrogen-bond acceptors (Lipinski definition) is 5. The number of carbonyl (C=O) groups excluding carboxylic acids is 2. The molecule has 0 aromatic heterocycles. The number of benzene rings is 3. The highest BCUT2D eigenvalue weighted by molar-refractivity contribution is 6.08. The van der Waals surface area contributed by atoms with E-state index in [-0.39, 0.29) is 24.2 Å². The second kappa shape index (κ2) is 11.8. The van der Waals surface area contributed by atoms with E-state index in [1.807, 2.05) is 38.1 Å². The van der Waals surface area contributed by atoms with Gasteiger partial charge in [-0.3, -0.25) is 4.79 Å². The lowest BCUT2D eigenvalue weighted by Gasteiger charge is -2.29. The molecule has 1 saturated carbocycles. The summed E-state index contributed by atoms with van der Waals surface area (Å²) >= 11 is 0. The Kier molecular flexibility index (Phi) is 8.05. The van der Waals surface area contributed by atoms with Gasteiger partial charge in [-0.05, 0) is 97.3 Å². The van der Waals surface area contributed by atoms with Gasteiger partial charge in [-0.15, -0.1) is 0 Å². The van der Waals surface area contributed by atoms with E-state index in [1.54, 1.807) is 24.3 Å². The van der Waals surface area contributed by atoms with Crippen molar-refractivity contribution >= 4 is 23.7 Å². The van der Waals surface area contributed by atoms with Gasteiger partial charge in [0.25, 0.3) is 5.91 Å². The van der Waals surface area contributed by atoms with Crippen molar-refractivity contribution < 1.29 is 27.8 Å². The lowest BCUT2D eigenvalue weighted by molar-refractivity contribution is -0.154. The standard InChI is InChI=1S/C32H30F2N2O4/c1-20-6-7-21(2)28(16-20)39-19-30(38)40-18-29(37)36-32(23-10-14-26(34)15-11-23)27-5-3-4-24(31(27)35-36)17-22-8-12-25(33)13-9-22/h6-17,27,32H,3-5,18-19H2,1-2H3. The largest absolute Gasteiger partial charge is 0.482 e. The molecule has 6 nitrogen and oxygen atoms in total. The summed E-state index contributed by atoms with van der Waals surface area (Å²) in [7, 11) is 0. The average molecular weight is 545 g/mol. The van der Waals surface area contributed by atoms with Crippen molar-refractivity contribution in [3.8, 4) is 5.75 Å². The van der Waals surface area contributed by atoms with Crippen LogP contribution in [0.4, 0.5) is 8.78 Å². The summed E-state index contributed by atoms with van der Waals surface area (Å²) in [6.45, 7) is 2.97. The van der Waals surface area contributed by atoms with Crippen LogP contribution in [0.15, 0.2) is 77.4 Å². The van der Waals surface area contributed by atoms with E-state index in [0.717, 1.165) is 52.8 Å². The first kappa shape index (κ1) is 27.2. The minimum atomic E-state index is -0.672. The van der Waals surface area contributed by atoms with Crippen LogP contribution in [0.3, 0.4) is 0 Å². The molecule has 0 bridgehead atoms. The maximum absolute atomic E-state index is 13.7. The van der Waals surface area contributed by atoms with Crippen LogP contribution < -0.4 is 4.74 Å². The number of allylic oxidation sites excluding steroid dienone is 1. The third-order valence-corrected chi connectivity index (χ3v) is 7.23. The van der Waals surface area contributed by atoms with Gasteiger partial charge in [-0.2, -0.15) is 5.10 Å². The molecule has 1 aliphatic heterocycles. The number of carbonyl (C=O) groups is 2. The predicted octanol–water partition coefficient (Wildman–Crippen LogP) is 6.33. The molecule has 40 heavy (non-hydrogen) atoms. The number of rotatable bonds is 7. The fourth-order valence-electron chi connectivity index (χ4n) is 5.21. The third kappa shape index (κ3) is 6.11.